The van der Waals surface area contributed by atoms with Crippen LogP contribution in [0.1, 0.15) is 185 Å². The lowest BCUT2D eigenvalue weighted by molar-refractivity contribution is 0.461. The van der Waals surface area contributed by atoms with Gasteiger partial charge in [-0.1, -0.05) is 186 Å². The van der Waals surface area contributed by atoms with Crippen molar-refractivity contribution < 1.29 is 5.11 Å². The van der Waals surface area contributed by atoms with Gasteiger partial charge in [0.15, 0.2) is 0 Å². The van der Waals surface area contributed by atoms with Crippen molar-refractivity contribution in [2.24, 2.45) is 0 Å². The van der Waals surface area contributed by atoms with Crippen LogP contribution in [0.25, 0.3) is 0 Å². The van der Waals surface area contributed by atoms with Crippen molar-refractivity contribution in [3.63, 3.8) is 0 Å². The molecule has 0 unspecified atom stereocenters. The summed E-state index contributed by atoms with van der Waals surface area (Å²) in [6.45, 7) is 4.29. The summed E-state index contributed by atoms with van der Waals surface area (Å²) in [5, 5.41) is 10.1. The average Bonchev–Trinajstić information content (AvgIpc) is 2.88. The molecule has 0 radical (unpaired) electrons. The lowest BCUT2D eigenvalue weighted by Crippen LogP contribution is -1.89. The molecular weight excluding hydrogens is 436 g/mol. The predicted molar refractivity (Wildman–Crippen MR) is 162 cm³/mol. The largest absolute Gasteiger partial charge is 0.507 e. The van der Waals surface area contributed by atoms with Crippen molar-refractivity contribution in [2.75, 3.05) is 0 Å². The minimum absolute atomic E-state index is 0.511. The van der Waals surface area contributed by atoms with Gasteiger partial charge in [0.25, 0.3) is 0 Å². The van der Waals surface area contributed by atoms with Gasteiger partial charge in [-0.25, -0.2) is 0 Å². The molecule has 0 fully saturated rings. The molecule has 1 rings (SSSR count). The second kappa shape index (κ2) is 25.7. The zero-order valence-electron chi connectivity index (χ0n) is 24.8. The number of hydrogen-bond donors (Lipinski definition) is 1. The molecule has 1 nitrogen and oxygen atoms in total. The molecule has 0 saturated heterocycles. The lowest BCUT2D eigenvalue weighted by atomic mass is 10.0. The summed E-state index contributed by atoms with van der Waals surface area (Å²) >= 11 is 0. The third-order valence-corrected chi connectivity index (χ3v) is 8.12. The summed E-state index contributed by atoms with van der Waals surface area (Å²) in [4.78, 5) is 0. The van der Waals surface area contributed by atoms with Crippen molar-refractivity contribution in [2.45, 2.75) is 187 Å². The normalized spacial score (nSPS) is 11.4. The quantitative estimate of drug-likeness (QED) is 0.119. The molecule has 1 aromatic carbocycles. The van der Waals surface area contributed by atoms with Gasteiger partial charge in [-0.2, -0.15) is 0 Å². The third kappa shape index (κ3) is 20.1. The molecule has 1 N–H and O–H groups in total. The Balaban J connectivity index is 1.69. The number of phenols is 1. The molecule has 36 heavy (non-hydrogen) atoms. The van der Waals surface area contributed by atoms with Crippen LogP contribution in [-0.2, 0) is 6.42 Å². The monoisotopic (exact) mass is 500 g/mol. The first kappa shape index (κ1) is 33.0. The molecule has 0 aromatic heterocycles. The van der Waals surface area contributed by atoms with E-state index in [4.69, 9.17) is 0 Å². The van der Waals surface area contributed by atoms with E-state index >= 15 is 0 Å². The Morgan fingerprint density at radius 1 is 0.444 bits per heavy atom. The minimum Gasteiger partial charge on any atom is -0.507 e. The maximum absolute atomic E-state index is 10.1. The van der Waals surface area contributed by atoms with E-state index in [9.17, 15) is 5.11 Å². The van der Waals surface area contributed by atoms with E-state index in [1.807, 2.05) is 13.0 Å². The Morgan fingerprint density at radius 3 is 1.08 bits per heavy atom. The lowest BCUT2D eigenvalue weighted by Gasteiger charge is -2.07. The molecule has 0 aliphatic heterocycles. The Morgan fingerprint density at radius 2 is 0.750 bits per heavy atom. The third-order valence-electron chi connectivity index (χ3n) is 8.12. The summed E-state index contributed by atoms with van der Waals surface area (Å²) in [6.07, 6.45) is 38.4. The first-order chi connectivity index (χ1) is 17.8. The van der Waals surface area contributed by atoms with Crippen LogP contribution < -0.4 is 0 Å². The molecule has 1 aromatic rings. The van der Waals surface area contributed by atoms with Gasteiger partial charge in [0.2, 0.25) is 0 Å². The number of rotatable bonds is 27. The van der Waals surface area contributed by atoms with Gasteiger partial charge in [-0.3, -0.25) is 0 Å². The highest BCUT2D eigenvalue weighted by atomic mass is 16.3. The molecule has 210 valence electrons. The van der Waals surface area contributed by atoms with E-state index in [1.165, 1.54) is 167 Å². The Kier molecular flexibility index (Phi) is 23.6. The van der Waals surface area contributed by atoms with Crippen LogP contribution in [0.5, 0.6) is 5.75 Å². The average molecular weight is 501 g/mol. The van der Waals surface area contributed by atoms with Crippen molar-refractivity contribution in [3.05, 3.63) is 29.3 Å². The van der Waals surface area contributed by atoms with Crippen LogP contribution in [0, 0.1) is 6.92 Å². The molecule has 0 saturated carbocycles. The topological polar surface area (TPSA) is 20.2 Å². The smallest absolute Gasteiger partial charge is 0.121 e. The van der Waals surface area contributed by atoms with Gasteiger partial charge in [-0.15, -0.1) is 0 Å². The van der Waals surface area contributed by atoms with Crippen LogP contribution in [0.2, 0.25) is 0 Å². The van der Waals surface area contributed by atoms with Gasteiger partial charge in [-0.05, 0) is 30.9 Å². The van der Waals surface area contributed by atoms with E-state index in [1.54, 1.807) is 0 Å². The number of phenolic OH excluding ortho intramolecular Hbond substituents is 1. The highest BCUT2D eigenvalue weighted by molar-refractivity contribution is 5.39. The molecule has 0 amide bonds. The number of aryl methyl sites for hydroxylation is 2. The van der Waals surface area contributed by atoms with Crippen LogP contribution in [0.15, 0.2) is 18.2 Å². The Labute approximate surface area is 227 Å². The highest BCUT2D eigenvalue weighted by Gasteiger charge is 2.03. The van der Waals surface area contributed by atoms with Crippen LogP contribution in [0.3, 0.4) is 0 Å². The number of para-hydroxylation sites is 1. The molecule has 0 heterocycles. The Bertz CT molecular complexity index is 578. The standard InChI is InChI=1S/C35H64O/c1-3-4-5-6-7-8-9-10-11-12-13-14-15-16-17-18-19-20-21-22-23-24-25-26-27-28-31-34-32-29-30-33(2)35(34)36/h29-30,32,36H,3-28,31H2,1-2H3. The summed E-state index contributed by atoms with van der Waals surface area (Å²) in [5.74, 6) is 0.511. The van der Waals surface area contributed by atoms with Crippen molar-refractivity contribution in [3.8, 4) is 5.75 Å². The zero-order valence-corrected chi connectivity index (χ0v) is 24.8. The van der Waals surface area contributed by atoms with E-state index in [-0.39, 0.29) is 0 Å². The maximum Gasteiger partial charge on any atom is 0.121 e. The molecule has 0 aliphatic carbocycles. The number of hydrogen-bond acceptors (Lipinski definition) is 1. The van der Waals surface area contributed by atoms with Gasteiger partial charge < -0.3 is 5.11 Å². The molecule has 0 aliphatic rings. The number of benzene rings is 1. The molecule has 0 spiro atoms. The fourth-order valence-corrected chi connectivity index (χ4v) is 5.55. The van der Waals surface area contributed by atoms with E-state index in [2.05, 4.69) is 19.1 Å². The highest BCUT2D eigenvalue weighted by Crippen LogP contribution is 2.23. The second-order valence-corrected chi connectivity index (χ2v) is 11.7. The second-order valence-electron chi connectivity index (χ2n) is 11.7. The van der Waals surface area contributed by atoms with Crippen LogP contribution >= 0.6 is 0 Å². The maximum atomic E-state index is 10.1. The first-order valence-corrected chi connectivity index (χ1v) is 16.5. The van der Waals surface area contributed by atoms with Gasteiger partial charge in [0.1, 0.15) is 5.75 Å². The van der Waals surface area contributed by atoms with E-state index < -0.39 is 0 Å². The number of unbranched alkanes of at least 4 members (excludes halogenated alkanes) is 25. The summed E-state index contributed by atoms with van der Waals surface area (Å²) in [7, 11) is 0. The minimum atomic E-state index is 0.511. The van der Waals surface area contributed by atoms with Crippen molar-refractivity contribution in [1.29, 1.82) is 0 Å². The molecule has 0 bridgehead atoms. The van der Waals surface area contributed by atoms with Gasteiger partial charge >= 0.3 is 0 Å². The fourth-order valence-electron chi connectivity index (χ4n) is 5.55. The summed E-state index contributed by atoms with van der Waals surface area (Å²) in [6, 6.07) is 6.12. The first-order valence-electron chi connectivity index (χ1n) is 16.5. The summed E-state index contributed by atoms with van der Waals surface area (Å²) < 4.78 is 0. The van der Waals surface area contributed by atoms with Gasteiger partial charge in [0, 0.05) is 0 Å². The zero-order chi connectivity index (χ0) is 25.9. The van der Waals surface area contributed by atoms with Crippen LogP contribution in [0.4, 0.5) is 0 Å². The SMILES string of the molecule is CCCCCCCCCCCCCCCCCCCCCCCCCCCCc1cccc(C)c1O. The van der Waals surface area contributed by atoms with Gasteiger partial charge in [0.05, 0.1) is 0 Å². The molecular formula is C35H64O. The number of aromatic hydroxyl groups is 1. The molecule has 1 heteroatoms. The molecule has 0 atom stereocenters. The summed E-state index contributed by atoms with van der Waals surface area (Å²) in [5.41, 5.74) is 2.13. The van der Waals surface area contributed by atoms with E-state index in [0.717, 1.165) is 17.5 Å². The Hall–Kier alpha value is -0.980. The van der Waals surface area contributed by atoms with Crippen molar-refractivity contribution >= 4 is 0 Å². The van der Waals surface area contributed by atoms with Crippen LogP contribution in [-0.4, -0.2) is 5.11 Å². The predicted octanol–water partition coefficient (Wildman–Crippen LogP) is 12.4. The fraction of sp³-hybridized carbons (Fsp3) is 0.829. The van der Waals surface area contributed by atoms with Crippen molar-refractivity contribution in [1.82, 2.24) is 0 Å². The van der Waals surface area contributed by atoms with E-state index in [0.29, 0.717) is 5.75 Å².